The monoisotopic (exact) mass is 789 g/mol. The molecule has 0 aliphatic carbocycles. The van der Waals surface area contributed by atoms with Gasteiger partial charge in [0.2, 0.25) is 0 Å². The van der Waals surface area contributed by atoms with E-state index in [2.05, 4.69) is 235 Å². The van der Waals surface area contributed by atoms with Gasteiger partial charge in [0, 0.05) is 26.9 Å². The van der Waals surface area contributed by atoms with Crippen molar-refractivity contribution in [1.82, 2.24) is 0 Å². The molecular weight excluding hydrogens is 751 g/mol. The summed E-state index contributed by atoms with van der Waals surface area (Å²) in [6, 6.07) is 86.4. The molecule has 0 amide bonds. The van der Waals surface area contributed by atoms with Crippen molar-refractivity contribution in [2.24, 2.45) is 0 Å². The van der Waals surface area contributed by atoms with Gasteiger partial charge in [-0.15, -0.1) is 0 Å². The van der Waals surface area contributed by atoms with Crippen LogP contribution < -0.4 is 41.2 Å². The summed E-state index contributed by atoms with van der Waals surface area (Å²) in [5.74, 6) is 0. The summed E-state index contributed by atoms with van der Waals surface area (Å²) in [5.41, 5.74) is 8.32. The van der Waals surface area contributed by atoms with Gasteiger partial charge in [-0.3, -0.25) is 0 Å². The Kier molecular flexibility index (Phi) is 8.69. The fraction of sp³-hybridized carbons (Fsp3) is 0. The molecule has 1 atom stereocenters. The second-order valence-electron chi connectivity index (χ2n) is 15.2. The lowest BCUT2D eigenvalue weighted by Gasteiger charge is -2.46. The van der Waals surface area contributed by atoms with Crippen molar-refractivity contribution in [1.29, 1.82) is 0 Å². The van der Waals surface area contributed by atoms with Crippen molar-refractivity contribution in [3.8, 4) is 22.3 Å². The molecule has 1 spiro atoms. The highest BCUT2D eigenvalue weighted by atomic mass is 32.2. The van der Waals surface area contributed by atoms with E-state index in [1.54, 1.807) is 20.7 Å². The van der Waals surface area contributed by atoms with Gasteiger partial charge in [-0.05, 0) is 91.5 Å². The number of nitrogens with zero attached hydrogens (tertiary/aromatic N) is 1. The Hall–Kier alpha value is -6.44. The Morgan fingerprint density at radius 2 is 0.759 bits per heavy atom. The third-order valence-corrected chi connectivity index (χ3v) is 22.5. The summed E-state index contributed by atoms with van der Waals surface area (Å²) in [4.78, 5) is 5.13. The van der Waals surface area contributed by atoms with E-state index in [4.69, 9.17) is 0 Å². The van der Waals surface area contributed by atoms with Crippen LogP contribution >= 0.6 is 11.8 Å². The minimum atomic E-state index is -2.73. The zero-order chi connectivity index (χ0) is 38.5. The number of fused-ring (bicyclic) bond motifs is 8. The van der Waals surface area contributed by atoms with E-state index in [1.165, 1.54) is 47.6 Å². The molecule has 11 rings (SSSR count). The van der Waals surface area contributed by atoms with Crippen LogP contribution in [0.2, 0.25) is 0 Å². The van der Waals surface area contributed by atoms with Gasteiger partial charge in [-0.25, -0.2) is 0 Å². The normalized spacial score (nSPS) is 14.4. The summed E-state index contributed by atoms with van der Waals surface area (Å²) in [7, 11) is -4.55. The van der Waals surface area contributed by atoms with Crippen LogP contribution in [0.15, 0.2) is 240 Å². The van der Waals surface area contributed by atoms with E-state index in [-0.39, 0.29) is 0 Å². The number of rotatable bonds is 6. The molecule has 0 aromatic heterocycles. The van der Waals surface area contributed by atoms with E-state index in [9.17, 15) is 0 Å². The Morgan fingerprint density at radius 1 is 0.328 bits per heavy atom. The molecule has 0 fully saturated rings. The average molecular weight is 790 g/mol. The molecule has 1 nitrogen and oxygen atoms in total. The first-order chi connectivity index (χ1) is 28.8. The number of hydrogen-bond donors (Lipinski definition) is 0. The lowest BCUT2D eigenvalue weighted by molar-refractivity contribution is 1.28. The van der Waals surface area contributed by atoms with Gasteiger partial charge in [-0.1, -0.05) is 209 Å². The van der Waals surface area contributed by atoms with Crippen molar-refractivity contribution < 1.29 is 0 Å². The van der Waals surface area contributed by atoms with Crippen LogP contribution in [-0.2, 0) is 0 Å². The molecule has 0 N–H and O–H groups in total. The zero-order valence-corrected chi connectivity index (χ0v) is 34.8. The maximum atomic E-state index is 2.61. The van der Waals surface area contributed by atoms with E-state index in [1.807, 2.05) is 11.8 Å². The molecule has 2 aliphatic heterocycles. The lowest BCUT2D eigenvalue weighted by Crippen LogP contribution is -2.87. The first-order valence-corrected chi connectivity index (χ1v) is 24.6. The van der Waals surface area contributed by atoms with Crippen molar-refractivity contribution in [2.45, 2.75) is 9.79 Å². The van der Waals surface area contributed by atoms with Crippen molar-refractivity contribution >= 4 is 82.0 Å². The quantitative estimate of drug-likeness (QED) is 0.155. The first-order valence-electron chi connectivity index (χ1n) is 20.0. The van der Waals surface area contributed by atoms with E-state index >= 15 is 0 Å². The van der Waals surface area contributed by atoms with Crippen LogP contribution in [-0.4, -0.2) is 16.9 Å². The molecule has 0 saturated carbocycles. The SMILES string of the molecule is c1ccc(-c2ccc(N(c3ccccc3)c3ccc(-c4ccc5c(c4)[Si]4(c6ccccc6Sc6ccccc64)c4ccccc4[SiH]5c4ccccc4)cc3)cc2)cc1. The minimum Gasteiger partial charge on any atom is -0.311 e. The molecule has 4 heteroatoms. The van der Waals surface area contributed by atoms with Crippen LogP contribution in [0, 0.1) is 0 Å². The Bertz CT molecular complexity index is 2870. The molecule has 2 aliphatic rings. The molecule has 2 heterocycles. The van der Waals surface area contributed by atoms with Crippen molar-refractivity contribution in [2.75, 3.05) is 4.90 Å². The number of hydrogen-bond acceptors (Lipinski definition) is 2. The number of para-hydroxylation sites is 1. The third kappa shape index (κ3) is 5.67. The maximum Gasteiger partial charge on any atom is 0.181 e. The first kappa shape index (κ1) is 34.8. The third-order valence-electron chi connectivity index (χ3n) is 12.1. The number of anilines is 3. The van der Waals surface area contributed by atoms with Crippen molar-refractivity contribution in [3.05, 3.63) is 231 Å². The predicted molar refractivity (Wildman–Crippen MR) is 252 cm³/mol. The fourth-order valence-corrected chi connectivity index (χ4v) is 22.0. The van der Waals surface area contributed by atoms with Gasteiger partial charge in [0.1, 0.15) is 8.80 Å². The Balaban J connectivity index is 1.08. The Morgan fingerprint density at radius 3 is 1.38 bits per heavy atom. The second-order valence-corrected chi connectivity index (χ2v) is 22.7. The smallest absolute Gasteiger partial charge is 0.181 e. The second kappa shape index (κ2) is 14.5. The molecule has 0 bridgehead atoms. The standard InChI is InChI=1S/C54H39NSSi2/c1-4-16-39(17-5-1)40-28-33-44(34-29-40)55(43-18-6-2-7-19-43)45-35-30-41(31-36-45)42-32-37-50-54(38-42)58(51-25-13-10-22-47(51)56-48-23-11-14-26-52(48)58)53-27-15-12-24-49(53)57(50)46-20-8-3-9-21-46/h1-38,57H. The van der Waals surface area contributed by atoms with E-state index < -0.39 is 16.9 Å². The van der Waals surface area contributed by atoms with Gasteiger partial charge >= 0.3 is 0 Å². The summed E-state index contributed by atoms with van der Waals surface area (Å²) >= 11 is 1.94. The van der Waals surface area contributed by atoms with E-state index in [0.717, 1.165) is 17.1 Å². The molecule has 0 saturated heterocycles. The molecule has 274 valence electrons. The minimum absolute atomic E-state index is 1.13. The predicted octanol–water partition coefficient (Wildman–Crippen LogP) is 8.89. The van der Waals surface area contributed by atoms with E-state index in [0.29, 0.717) is 0 Å². The largest absolute Gasteiger partial charge is 0.311 e. The summed E-state index contributed by atoms with van der Waals surface area (Å²) in [5, 5.41) is 10.7. The van der Waals surface area contributed by atoms with Gasteiger partial charge in [0.25, 0.3) is 0 Å². The lowest BCUT2D eigenvalue weighted by atomic mass is 10.0. The van der Waals surface area contributed by atoms with Crippen LogP contribution in [0.25, 0.3) is 22.3 Å². The highest BCUT2D eigenvalue weighted by Crippen LogP contribution is 2.37. The molecule has 58 heavy (non-hydrogen) atoms. The van der Waals surface area contributed by atoms with Gasteiger partial charge in [-0.2, -0.15) is 0 Å². The highest BCUT2D eigenvalue weighted by molar-refractivity contribution is 8.00. The van der Waals surface area contributed by atoms with Crippen LogP contribution in [0.5, 0.6) is 0 Å². The molecular formula is C54H39NSSi2. The number of benzene rings is 9. The average Bonchev–Trinajstić information content (AvgIpc) is 3.30. The van der Waals surface area contributed by atoms with Crippen molar-refractivity contribution in [3.63, 3.8) is 0 Å². The van der Waals surface area contributed by atoms with Crippen LogP contribution in [0.1, 0.15) is 0 Å². The summed E-state index contributed by atoms with van der Waals surface area (Å²) < 4.78 is 0. The highest BCUT2D eigenvalue weighted by Gasteiger charge is 2.52. The molecule has 9 aromatic rings. The molecule has 1 unspecified atom stereocenters. The summed E-state index contributed by atoms with van der Waals surface area (Å²) in [6.07, 6.45) is 0. The molecule has 0 radical (unpaired) electrons. The van der Waals surface area contributed by atoms with Crippen LogP contribution in [0.4, 0.5) is 17.1 Å². The van der Waals surface area contributed by atoms with Crippen LogP contribution in [0.3, 0.4) is 0 Å². The maximum absolute atomic E-state index is 2.73. The van der Waals surface area contributed by atoms with Gasteiger partial charge in [0.15, 0.2) is 8.07 Å². The topological polar surface area (TPSA) is 3.24 Å². The zero-order valence-electron chi connectivity index (χ0n) is 31.9. The summed E-state index contributed by atoms with van der Waals surface area (Å²) in [6.45, 7) is 0. The van der Waals surface area contributed by atoms with Gasteiger partial charge in [0.05, 0.1) is 0 Å². The molecule has 9 aromatic carbocycles. The van der Waals surface area contributed by atoms with Gasteiger partial charge < -0.3 is 4.90 Å². The Labute approximate surface area is 347 Å². The fourth-order valence-electron chi connectivity index (χ4n) is 9.56.